The second kappa shape index (κ2) is 9.17. The highest BCUT2D eigenvalue weighted by atomic mass is 32.2. The van der Waals surface area contributed by atoms with E-state index in [1.165, 1.54) is 5.56 Å². The number of fused-ring (bicyclic) bond motifs is 1. The Hall–Kier alpha value is -3.06. The minimum atomic E-state index is 0.0283. The largest absolute Gasteiger partial charge is 0.485 e. The number of aromatic nitrogens is 4. The first-order chi connectivity index (χ1) is 14.7. The van der Waals surface area contributed by atoms with E-state index < -0.39 is 0 Å². The van der Waals surface area contributed by atoms with Crippen LogP contribution in [0.15, 0.2) is 64.5 Å². The Bertz CT molecular complexity index is 1220. The van der Waals surface area contributed by atoms with Crippen molar-refractivity contribution in [3.8, 4) is 5.75 Å². The van der Waals surface area contributed by atoms with E-state index in [-0.39, 0.29) is 5.43 Å². The Morgan fingerprint density at radius 2 is 1.87 bits per heavy atom. The first-order valence-electron chi connectivity index (χ1n) is 10.1. The van der Waals surface area contributed by atoms with E-state index >= 15 is 0 Å². The van der Waals surface area contributed by atoms with Crippen molar-refractivity contribution in [1.82, 2.24) is 19.7 Å². The molecule has 4 rings (SSSR count). The highest BCUT2D eigenvalue weighted by Gasteiger charge is 2.13. The van der Waals surface area contributed by atoms with Gasteiger partial charge in [-0.1, -0.05) is 49.0 Å². The van der Waals surface area contributed by atoms with Crippen LogP contribution in [0.25, 0.3) is 10.9 Å². The fourth-order valence-electron chi connectivity index (χ4n) is 3.40. The molecule has 1 N–H and O–H groups in total. The van der Waals surface area contributed by atoms with Crippen molar-refractivity contribution in [2.45, 2.75) is 44.3 Å². The monoisotopic (exact) mass is 420 g/mol. The summed E-state index contributed by atoms with van der Waals surface area (Å²) in [4.78, 5) is 15.7. The summed E-state index contributed by atoms with van der Waals surface area (Å²) in [6.45, 7) is 5.29. The summed E-state index contributed by atoms with van der Waals surface area (Å²) in [6.07, 6.45) is 0.918. The number of aryl methyl sites for hydroxylation is 1. The molecule has 0 aliphatic rings. The molecule has 0 bridgehead atoms. The number of rotatable bonds is 8. The Labute approximate surface area is 179 Å². The summed E-state index contributed by atoms with van der Waals surface area (Å²) in [5.74, 6) is 2.28. The zero-order valence-corrected chi connectivity index (χ0v) is 17.9. The van der Waals surface area contributed by atoms with Gasteiger partial charge in [-0.15, -0.1) is 10.2 Å². The van der Waals surface area contributed by atoms with Crippen molar-refractivity contribution in [1.29, 1.82) is 0 Å². The van der Waals surface area contributed by atoms with E-state index in [0.717, 1.165) is 40.9 Å². The summed E-state index contributed by atoms with van der Waals surface area (Å²) >= 11 is 1.56. The van der Waals surface area contributed by atoms with Crippen molar-refractivity contribution in [3.63, 3.8) is 0 Å². The molecule has 154 valence electrons. The van der Waals surface area contributed by atoms with Crippen molar-refractivity contribution in [3.05, 3.63) is 81.9 Å². The minimum absolute atomic E-state index is 0.0283. The first kappa shape index (κ1) is 20.2. The molecule has 4 aromatic rings. The number of thioether (sulfide) groups is 1. The highest BCUT2D eigenvalue weighted by Crippen LogP contribution is 2.23. The number of hydrogen-bond donors (Lipinski definition) is 1. The maximum Gasteiger partial charge on any atom is 0.191 e. The SMILES string of the molecule is CCc1ccccc1OCc1nnc(SCc2cc(=O)c3ccccc3[nH]2)n1CC. The number of para-hydroxylation sites is 2. The second-order valence-corrected chi connectivity index (χ2v) is 7.83. The number of ether oxygens (including phenoxy) is 1. The van der Waals surface area contributed by atoms with E-state index in [1.807, 2.05) is 42.5 Å². The van der Waals surface area contributed by atoms with Crippen LogP contribution in [0.1, 0.15) is 30.9 Å². The number of benzene rings is 2. The third-order valence-corrected chi connectivity index (χ3v) is 5.99. The zero-order valence-electron chi connectivity index (χ0n) is 17.1. The number of nitrogens with zero attached hydrogens (tertiary/aromatic N) is 3. The van der Waals surface area contributed by atoms with Crippen molar-refractivity contribution >= 4 is 22.7 Å². The molecule has 0 saturated heterocycles. The number of aromatic amines is 1. The molecule has 0 amide bonds. The number of hydrogen-bond acceptors (Lipinski definition) is 5. The van der Waals surface area contributed by atoms with Crippen LogP contribution in [0.3, 0.4) is 0 Å². The first-order valence-corrected chi connectivity index (χ1v) is 11.0. The van der Waals surface area contributed by atoms with Gasteiger partial charge >= 0.3 is 0 Å². The lowest BCUT2D eigenvalue weighted by Crippen LogP contribution is -2.08. The molecule has 2 heterocycles. The van der Waals surface area contributed by atoms with Gasteiger partial charge in [-0.05, 0) is 37.1 Å². The molecule has 0 saturated carbocycles. The predicted octanol–water partition coefficient (Wildman–Crippen LogP) is 4.57. The van der Waals surface area contributed by atoms with Crippen LogP contribution in [0.2, 0.25) is 0 Å². The van der Waals surface area contributed by atoms with Gasteiger partial charge in [0.25, 0.3) is 0 Å². The highest BCUT2D eigenvalue weighted by molar-refractivity contribution is 7.98. The number of H-pyrrole nitrogens is 1. The van der Waals surface area contributed by atoms with Gasteiger partial charge in [0.05, 0.1) is 0 Å². The fourth-order valence-corrected chi connectivity index (χ4v) is 4.33. The van der Waals surface area contributed by atoms with E-state index in [0.29, 0.717) is 17.7 Å². The average Bonchev–Trinajstić information content (AvgIpc) is 3.18. The Kier molecular flexibility index (Phi) is 6.18. The lowest BCUT2D eigenvalue weighted by molar-refractivity contribution is 0.285. The zero-order chi connectivity index (χ0) is 20.9. The Balaban J connectivity index is 1.48. The summed E-state index contributed by atoms with van der Waals surface area (Å²) in [5.41, 5.74) is 2.92. The van der Waals surface area contributed by atoms with Gasteiger partial charge in [0, 0.05) is 35.0 Å². The van der Waals surface area contributed by atoms with Crippen LogP contribution >= 0.6 is 11.8 Å². The third-order valence-electron chi connectivity index (χ3n) is 4.97. The topological polar surface area (TPSA) is 72.8 Å². The van der Waals surface area contributed by atoms with Crippen LogP contribution in [0, 0.1) is 0 Å². The molecule has 0 spiro atoms. The molecule has 0 aliphatic heterocycles. The second-order valence-electron chi connectivity index (χ2n) is 6.89. The molecule has 7 heteroatoms. The third kappa shape index (κ3) is 4.26. The molecule has 30 heavy (non-hydrogen) atoms. The number of nitrogens with one attached hydrogen (secondary N) is 1. The standard InChI is InChI=1S/C23H24N4O2S/c1-3-16-9-5-8-12-21(16)29-14-22-25-26-23(27(22)4-2)30-15-17-13-20(28)18-10-6-7-11-19(18)24-17/h5-13H,3-4,14-15H2,1-2H3,(H,24,28). The summed E-state index contributed by atoms with van der Waals surface area (Å²) < 4.78 is 8.07. The average molecular weight is 421 g/mol. The molecule has 0 radical (unpaired) electrons. The van der Waals surface area contributed by atoms with Crippen LogP contribution in [0.4, 0.5) is 0 Å². The molecule has 2 aromatic carbocycles. The van der Waals surface area contributed by atoms with E-state index in [9.17, 15) is 4.79 Å². The van der Waals surface area contributed by atoms with Crippen molar-refractivity contribution < 1.29 is 4.74 Å². The van der Waals surface area contributed by atoms with E-state index in [4.69, 9.17) is 4.74 Å². The van der Waals surface area contributed by atoms with Crippen LogP contribution in [-0.2, 0) is 25.3 Å². The lowest BCUT2D eigenvalue weighted by Gasteiger charge is -2.11. The molecule has 0 atom stereocenters. The van der Waals surface area contributed by atoms with Crippen molar-refractivity contribution in [2.75, 3.05) is 0 Å². The Morgan fingerprint density at radius 3 is 2.70 bits per heavy atom. The lowest BCUT2D eigenvalue weighted by atomic mass is 10.1. The minimum Gasteiger partial charge on any atom is -0.485 e. The maximum absolute atomic E-state index is 12.3. The molecule has 0 aliphatic carbocycles. The smallest absolute Gasteiger partial charge is 0.191 e. The van der Waals surface area contributed by atoms with Gasteiger partial charge in [0.1, 0.15) is 12.4 Å². The summed E-state index contributed by atoms with van der Waals surface area (Å²) in [7, 11) is 0. The fraction of sp³-hybridized carbons (Fsp3) is 0.261. The predicted molar refractivity (Wildman–Crippen MR) is 120 cm³/mol. The van der Waals surface area contributed by atoms with E-state index in [2.05, 4.69) is 39.7 Å². The molecule has 6 nitrogen and oxygen atoms in total. The van der Waals surface area contributed by atoms with E-state index in [1.54, 1.807) is 17.8 Å². The van der Waals surface area contributed by atoms with Crippen LogP contribution < -0.4 is 10.2 Å². The molecular formula is C23H24N4O2S. The quantitative estimate of drug-likeness (QED) is 0.423. The van der Waals surface area contributed by atoms with Gasteiger partial charge in [0.15, 0.2) is 16.4 Å². The molecular weight excluding hydrogens is 396 g/mol. The summed E-state index contributed by atoms with van der Waals surface area (Å²) in [5, 5.41) is 10.2. The summed E-state index contributed by atoms with van der Waals surface area (Å²) in [6, 6.07) is 17.3. The van der Waals surface area contributed by atoms with Crippen LogP contribution in [-0.4, -0.2) is 19.7 Å². The van der Waals surface area contributed by atoms with Crippen molar-refractivity contribution in [2.24, 2.45) is 0 Å². The maximum atomic E-state index is 12.3. The van der Waals surface area contributed by atoms with Gasteiger partial charge < -0.3 is 14.3 Å². The van der Waals surface area contributed by atoms with Gasteiger partial charge in [0.2, 0.25) is 0 Å². The number of pyridine rings is 1. The molecule has 0 unspecified atom stereocenters. The van der Waals surface area contributed by atoms with Gasteiger partial charge in [-0.3, -0.25) is 4.79 Å². The molecule has 2 aromatic heterocycles. The van der Waals surface area contributed by atoms with Crippen LogP contribution in [0.5, 0.6) is 5.75 Å². The Morgan fingerprint density at radius 1 is 1.07 bits per heavy atom. The van der Waals surface area contributed by atoms with Gasteiger partial charge in [-0.2, -0.15) is 0 Å². The molecule has 0 fully saturated rings. The van der Waals surface area contributed by atoms with Gasteiger partial charge in [-0.25, -0.2) is 0 Å². The normalized spacial score (nSPS) is 11.1.